The Morgan fingerprint density at radius 1 is 0.929 bits per heavy atom. The van der Waals surface area contributed by atoms with Crippen LogP contribution in [0.25, 0.3) is 12.2 Å². The van der Waals surface area contributed by atoms with Crippen LogP contribution in [0.15, 0.2) is 72.7 Å². The second kappa shape index (κ2) is 10.9. The summed E-state index contributed by atoms with van der Waals surface area (Å²) in [4.78, 5) is 0.994. The SMILES string of the molecule is C=C/C=C(\C=C)SNc1cccc(/C=C\c2cc(OC)c(OC)c(OC)c2)c1. The molecule has 0 aliphatic rings. The van der Waals surface area contributed by atoms with E-state index in [9.17, 15) is 0 Å². The molecule has 0 atom stereocenters. The number of rotatable bonds is 10. The van der Waals surface area contributed by atoms with Crippen molar-refractivity contribution in [3.63, 3.8) is 0 Å². The van der Waals surface area contributed by atoms with Crippen molar-refractivity contribution in [3.8, 4) is 17.2 Å². The Labute approximate surface area is 171 Å². The zero-order valence-electron chi connectivity index (χ0n) is 16.4. The van der Waals surface area contributed by atoms with Crippen molar-refractivity contribution in [3.05, 3.63) is 83.8 Å². The van der Waals surface area contributed by atoms with Gasteiger partial charge < -0.3 is 18.9 Å². The molecule has 0 bridgehead atoms. The summed E-state index contributed by atoms with van der Waals surface area (Å²) in [6, 6.07) is 11.9. The Balaban J connectivity index is 2.19. The number of allylic oxidation sites excluding steroid dienone is 3. The smallest absolute Gasteiger partial charge is 0.203 e. The van der Waals surface area contributed by atoms with Gasteiger partial charge in [-0.15, -0.1) is 0 Å². The van der Waals surface area contributed by atoms with Gasteiger partial charge in [0.25, 0.3) is 0 Å². The third-order valence-electron chi connectivity index (χ3n) is 3.81. The lowest BCUT2D eigenvalue weighted by molar-refractivity contribution is 0.324. The first-order valence-electron chi connectivity index (χ1n) is 8.61. The maximum atomic E-state index is 5.40. The number of hydrogen-bond acceptors (Lipinski definition) is 5. The quantitative estimate of drug-likeness (QED) is 0.295. The van der Waals surface area contributed by atoms with Crippen molar-refractivity contribution in [1.29, 1.82) is 0 Å². The van der Waals surface area contributed by atoms with Crippen LogP contribution < -0.4 is 18.9 Å². The van der Waals surface area contributed by atoms with Crippen molar-refractivity contribution < 1.29 is 14.2 Å². The summed E-state index contributed by atoms with van der Waals surface area (Å²) in [5, 5.41) is 0. The lowest BCUT2D eigenvalue weighted by Crippen LogP contribution is -1.95. The Morgan fingerprint density at radius 2 is 1.61 bits per heavy atom. The van der Waals surface area contributed by atoms with Crippen molar-refractivity contribution in [2.75, 3.05) is 26.1 Å². The molecule has 0 radical (unpaired) electrons. The van der Waals surface area contributed by atoms with E-state index in [-0.39, 0.29) is 0 Å². The molecule has 0 amide bonds. The molecule has 2 aromatic rings. The van der Waals surface area contributed by atoms with E-state index in [0.29, 0.717) is 17.2 Å². The van der Waals surface area contributed by atoms with E-state index in [0.717, 1.165) is 21.7 Å². The molecule has 2 aromatic carbocycles. The van der Waals surface area contributed by atoms with Crippen LogP contribution in [0.5, 0.6) is 17.2 Å². The standard InChI is InChI=1S/C23H25NO3S/c1-6-9-20(7-2)28-24-19-11-8-10-17(14-19)12-13-18-15-21(25-3)23(27-5)22(16-18)26-4/h6-16,24H,1-2H2,3-5H3/b13-12-,20-9+. The molecule has 0 spiro atoms. The van der Waals surface area contributed by atoms with Gasteiger partial charge in [0, 0.05) is 10.6 Å². The van der Waals surface area contributed by atoms with E-state index < -0.39 is 0 Å². The van der Waals surface area contributed by atoms with Gasteiger partial charge in [0.1, 0.15) is 0 Å². The van der Waals surface area contributed by atoms with Crippen LogP contribution in [0.3, 0.4) is 0 Å². The first kappa shape index (κ1) is 21.3. The average molecular weight is 396 g/mol. The highest BCUT2D eigenvalue weighted by Gasteiger charge is 2.11. The van der Waals surface area contributed by atoms with E-state index >= 15 is 0 Å². The molecule has 0 aliphatic carbocycles. The van der Waals surface area contributed by atoms with E-state index in [1.165, 1.54) is 11.9 Å². The lowest BCUT2D eigenvalue weighted by atomic mass is 10.1. The third-order valence-corrected chi connectivity index (χ3v) is 4.69. The van der Waals surface area contributed by atoms with Crippen LogP contribution in [0.1, 0.15) is 11.1 Å². The molecule has 0 aromatic heterocycles. The summed E-state index contributed by atoms with van der Waals surface area (Å²) in [6.07, 6.45) is 9.46. The molecule has 0 heterocycles. The zero-order valence-corrected chi connectivity index (χ0v) is 17.2. The summed E-state index contributed by atoms with van der Waals surface area (Å²) in [5.41, 5.74) is 3.01. The molecule has 1 N–H and O–H groups in total. The minimum Gasteiger partial charge on any atom is -0.493 e. The van der Waals surface area contributed by atoms with Gasteiger partial charge in [-0.1, -0.05) is 49.6 Å². The van der Waals surface area contributed by atoms with Crippen LogP contribution in [-0.2, 0) is 0 Å². The minimum atomic E-state index is 0.580. The molecule has 2 rings (SSSR count). The van der Waals surface area contributed by atoms with Gasteiger partial charge in [-0.2, -0.15) is 0 Å². The molecule has 0 aliphatic heterocycles. The van der Waals surface area contributed by atoms with Gasteiger partial charge >= 0.3 is 0 Å². The minimum absolute atomic E-state index is 0.580. The number of methoxy groups -OCH3 is 3. The van der Waals surface area contributed by atoms with Crippen LogP contribution >= 0.6 is 11.9 Å². The summed E-state index contributed by atoms with van der Waals surface area (Å²) in [5.74, 6) is 1.83. The maximum absolute atomic E-state index is 5.40. The Kier molecular flexibility index (Phi) is 8.31. The topological polar surface area (TPSA) is 39.7 Å². The van der Waals surface area contributed by atoms with Crippen molar-refractivity contribution in [2.45, 2.75) is 0 Å². The fourth-order valence-corrected chi connectivity index (χ4v) is 3.08. The molecule has 0 fully saturated rings. The van der Waals surface area contributed by atoms with Gasteiger partial charge in [0.15, 0.2) is 11.5 Å². The highest BCUT2D eigenvalue weighted by molar-refractivity contribution is 8.04. The van der Waals surface area contributed by atoms with E-state index in [1.807, 2.05) is 48.6 Å². The summed E-state index contributed by atoms with van der Waals surface area (Å²) < 4.78 is 19.5. The number of ether oxygens (including phenoxy) is 3. The van der Waals surface area contributed by atoms with Gasteiger partial charge in [-0.05, 0) is 53.4 Å². The van der Waals surface area contributed by atoms with Gasteiger partial charge in [0.2, 0.25) is 5.75 Å². The molecular formula is C23H25NO3S. The highest BCUT2D eigenvalue weighted by Crippen LogP contribution is 2.38. The van der Waals surface area contributed by atoms with E-state index in [2.05, 4.69) is 23.9 Å². The normalized spacial score (nSPS) is 11.2. The first-order valence-corrected chi connectivity index (χ1v) is 9.43. The number of nitrogens with one attached hydrogen (secondary N) is 1. The zero-order chi connectivity index (χ0) is 20.4. The molecule has 0 saturated heterocycles. The lowest BCUT2D eigenvalue weighted by Gasteiger charge is -2.12. The third kappa shape index (κ3) is 5.72. The van der Waals surface area contributed by atoms with Crippen molar-refractivity contribution in [1.82, 2.24) is 0 Å². The van der Waals surface area contributed by atoms with Crippen molar-refractivity contribution >= 4 is 29.8 Å². The molecule has 0 saturated carbocycles. The largest absolute Gasteiger partial charge is 0.493 e. The number of hydrogen-bond donors (Lipinski definition) is 1. The molecule has 146 valence electrons. The number of benzene rings is 2. The van der Waals surface area contributed by atoms with Crippen LogP contribution in [0, 0.1) is 0 Å². The molecular weight excluding hydrogens is 370 g/mol. The fourth-order valence-electron chi connectivity index (χ4n) is 2.47. The van der Waals surface area contributed by atoms with Gasteiger partial charge in [-0.25, -0.2) is 0 Å². The second-order valence-electron chi connectivity index (χ2n) is 5.63. The maximum Gasteiger partial charge on any atom is 0.203 e. The van der Waals surface area contributed by atoms with Crippen LogP contribution in [0.4, 0.5) is 5.69 Å². The molecule has 4 nitrogen and oxygen atoms in total. The van der Waals surface area contributed by atoms with E-state index in [4.69, 9.17) is 14.2 Å². The van der Waals surface area contributed by atoms with Crippen molar-refractivity contribution in [2.24, 2.45) is 0 Å². The second-order valence-corrected chi connectivity index (χ2v) is 6.51. The van der Waals surface area contributed by atoms with E-state index in [1.54, 1.807) is 33.5 Å². The summed E-state index contributed by atoms with van der Waals surface area (Å²) >= 11 is 1.49. The van der Waals surface area contributed by atoms with Crippen LogP contribution in [0.2, 0.25) is 0 Å². The Morgan fingerprint density at radius 3 is 2.18 bits per heavy atom. The fraction of sp³-hybridized carbons (Fsp3) is 0.130. The summed E-state index contributed by atoms with van der Waals surface area (Å²) in [6.45, 7) is 7.50. The highest BCUT2D eigenvalue weighted by atomic mass is 32.2. The Hall–Kier alpha value is -3.05. The first-order chi connectivity index (χ1) is 13.6. The average Bonchev–Trinajstić information content (AvgIpc) is 2.74. The molecule has 5 heteroatoms. The monoisotopic (exact) mass is 395 g/mol. The molecule has 0 unspecified atom stereocenters. The number of anilines is 1. The molecule has 28 heavy (non-hydrogen) atoms. The van der Waals surface area contributed by atoms with Crippen LogP contribution in [-0.4, -0.2) is 21.3 Å². The summed E-state index contributed by atoms with van der Waals surface area (Å²) in [7, 11) is 4.81. The predicted molar refractivity (Wildman–Crippen MR) is 121 cm³/mol. The van der Waals surface area contributed by atoms with Gasteiger partial charge in [-0.3, -0.25) is 0 Å². The predicted octanol–water partition coefficient (Wildman–Crippen LogP) is 6.20. The Bertz CT molecular complexity index is 862. The van der Waals surface area contributed by atoms with Gasteiger partial charge in [0.05, 0.1) is 21.3 Å².